The van der Waals surface area contributed by atoms with Gasteiger partial charge in [-0.3, -0.25) is 5.10 Å². The Morgan fingerprint density at radius 3 is 1.73 bits per heavy atom. The molecule has 14 heteroatoms. The highest BCUT2D eigenvalue weighted by atomic mass is 19.4. The van der Waals surface area contributed by atoms with E-state index in [1.807, 2.05) is 0 Å². The smallest absolute Gasteiger partial charge is 0.460 e. The highest BCUT2D eigenvalue weighted by Crippen LogP contribution is 2.53. The fourth-order valence-electron chi connectivity index (χ4n) is 1.33. The number of aromatic carboxylic acids is 1. The van der Waals surface area contributed by atoms with Gasteiger partial charge in [-0.15, -0.1) is 0 Å². The number of aromatic amines is 1. The van der Waals surface area contributed by atoms with Crippen molar-refractivity contribution in [1.82, 2.24) is 10.2 Å². The van der Waals surface area contributed by atoms with Crippen LogP contribution in [0, 0.1) is 0 Å². The van der Waals surface area contributed by atoms with Crippen LogP contribution in [0.25, 0.3) is 0 Å². The minimum atomic E-state index is -6.90. The summed E-state index contributed by atoms with van der Waals surface area (Å²) < 4.78 is 125. The van der Waals surface area contributed by atoms with Crippen molar-refractivity contribution < 1.29 is 53.8 Å². The average Bonchev–Trinajstić information content (AvgIpc) is 2.71. The molecule has 1 rings (SSSR count). The van der Waals surface area contributed by atoms with Crippen molar-refractivity contribution in [2.24, 2.45) is 0 Å². The van der Waals surface area contributed by atoms with E-state index in [2.05, 4.69) is 5.10 Å². The van der Waals surface area contributed by atoms with Gasteiger partial charge in [0.2, 0.25) is 0 Å². The molecular weight excluding hydrogens is 346 g/mol. The Morgan fingerprint density at radius 2 is 1.41 bits per heavy atom. The van der Waals surface area contributed by atoms with Gasteiger partial charge >= 0.3 is 30.2 Å². The van der Waals surface area contributed by atoms with Gasteiger partial charge in [0.1, 0.15) is 11.3 Å². The minimum Gasteiger partial charge on any atom is -0.476 e. The van der Waals surface area contributed by atoms with Gasteiger partial charge in [-0.25, -0.2) is 4.79 Å². The number of carbonyl (C=O) groups is 1. The topological polar surface area (TPSA) is 66.0 Å². The zero-order valence-electron chi connectivity index (χ0n) is 9.58. The molecule has 4 nitrogen and oxygen atoms in total. The maximum Gasteiger partial charge on any atom is 0.460 e. The van der Waals surface area contributed by atoms with E-state index in [4.69, 9.17) is 5.11 Å². The Morgan fingerprint density at radius 1 is 0.955 bits per heavy atom. The zero-order valence-corrected chi connectivity index (χ0v) is 9.58. The van der Waals surface area contributed by atoms with Gasteiger partial charge in [0.05, 0.1) is 0 Å². The fraction of sp³-hybridized carbons (Fsp3) is 0.500. The number of halogens is 10. The molecule has 1 heterocycles. The number of carboxylic acids is 1. The van der Waals surface area contributed by atoms with E-state index in [0.29, 0.717) is 5.10 Å². The fourth-order valence-corrected chi connectivity index (χ4v) is 1.33. The van der Waals surface area contributed by atoms with Crippen LogP contribution in [0.1, 0.15) is 21.7 Å². The van der Waals surface area contributed by atoms with Gasteiger partial charge < -0.3 is 5.11 Å². The number of aromatic nitrogens is 2. The van der Waals surface area contributed by atoms with E-state index in [1.54, 1.807) is 0 Å². The van der Waals surface area contributed by atoms with Gasteiger partial charge in [0.25, 0.3) is 0 Å². The monoisotopic (exact) mass is 348 g/mol. The number of hydrogen-bond acceptors (Lipinski definition) is 2. The maximum absolute atomic E-state index is 13.3. The van der Waals surface area contributed by atoms with Crippen molar-refractivity contribution in [2.45, 2.75) is 24.2 Å². The van der Waals surface area contributed by atoms with E-state index in [1.165, 1.54) is 0 Å². The molecule has 2 N–H and O–H groups in total. The van der Waals surface area contributed by atoms with Gasteiger partial charge in [0.15, 0.2) is 5.69 Å². The Balaban J connectivity index is 3.67. The van der Waals surface area contributed by atoms with E-state index in [9.17, 15) is 48.7 Å². The summed E-state index contributed by atoms with van der Waals surface area (Å²) in [6.07, 6.45) is -12.9. The first-order valence-corrected chi connectivity index (χ1v) is 4.76. The lowest BCUT2D eigenvalue weighted by Crippen LogP contribution is -2.50. The van der Waals surface area contributed by atoms with Crippen LogP contribution in [0.3, 0.4) is 0 Å². The van der Waals surface area contributed by atoms with Crippen molar-refractivity contribution in [3.63, 3.8) is 0 Å². The van der Waals surface area contributed by atoms with Gasteiger partial charge in [0, 0.05) is 0 Å². The summed E-state index contributed by atoms with van der Waals surface area (Å²) in [6.45, 7) is 0. The Labute approximate surface area is 112 Å². The first-order valence-electron chi connectivity index (χ1n) is 4.76. The summed E-state index contributed by atoms with van der Waals surface area (Å²) in [4.78, 5) is 10.4. The molecule has 0 saturated heterocycles. The highest BCUT2D eigenvalue weighted by Gasteiger charge is 2.75. The average molecular weight is 348 g/mol. The molecule has 0 spiro atoms. The van der Waals surface area contributed by atoms with E-state index < -0.39 is 47.1 Å². The van der Waals surface area contributed by atoms with Crippen LogP contribution in [0.4, 0.5) is 43.9 Å². The standard InChI is InChI=1S/C8H2F10N2O2/c9-5(10,7(14,15)8(16,17)18)3-1(6(11,12)13)2(4(21)22)19-20-3/h(H,19,20)(H,21,22). The van der Waals surface area contributed by atoms with Gasteiger partial charge in [-0.1, -0.05) is 0 Å². The Kier molecular flexibility index (Phi) is 3.88. The lowest BCUT2D eigenvalue weighted by atomic mass is 10.0. The molecule has 0 aliphatic carbocycles. The third-order valence-electron chi connectivity index (χ3n) is 2.32. The molecule has 0 saturated carbocycles. The van der Waals surface area contributed by atoms with Crippen LogP contribution in [-0.4, -0.2) is 33.4 Å². The molecule has 1 aromatic rings. The number of H-pyrrole nitrogens is 1. The predicted molar refractivity (Wildman–Crippen MR) is 45.4 cm³/mol. The molecule has 0 amide bonds. The largest absolute Gasteiger partial charge is 0.476 e. The molecule has 0 radical (unpaired) electrons. The predicted octanol–water partition coefficient (Wildman–Crippen LogP) is 3.42. The molecule has 0 bridgehead atoms. The van der Waals surface area contributed by atoms with Crippen LogP contribution in [-0.2, 0) is 12.1 Å². The molecule has 1 aromatic heterocycles. The van der Waals surface area contributed by atoms with Gasteiger partial charge in [-0.05, 0) is 0 Å². The first kappa shape index (κ1) is 18.0. The molecule has 0 aliphatic heterocycles. The normalized spacial score (nSPS) is 14.3. The number of nitrogens with one attached hydrogen (secondary N) is 1. The molecule has 0 aromatic carbocycles. The third kappa shape index (κ3) is 2.56. The van der Waals surface area contributed by atoms with Crippen LogP contribution < -0.4 is 0 Å². The van der Waals surface area contributed by atoms with E-state index >= 15 is 0 Å². The lowest BCUT2D eigenvalue weighted by molar-refractivity contribution is -0.361. The van der Waals surface area contributed by atoms with Crippen LogP contribution >= 0.6 is 0 Å². The molecule has 0 fully saturated rings. The number of rotatable bonds is 3. The molecule has 0 aliphatic rings. The SMILES string of the molecule is O=C(O)c1n[nH]c(C(F)(F)C(F)(F)C(F)(F)F)c1C(F)(F)F. The number of carboxylic acid groups (broad SMARTS) is 1. The number of hydrogen-bond donors (Lipinski definition) is 2. The van der Waals surface area contributed by atoms with Crippen molar-refractivity contribution in [3.05, 3.63) is 17.0 Å². The lowest BCUT2D eigenvalue weighted by Gasteiger charge is -2.28. The van der Waals surface area contributed by atoms with Gasteiger partial charge in [-0.2, -0.15) is 49.0 Å². The van der Waals surface area contributed by atoms with Crippen LogP contribution in [0.2, 0.25) is 0 Å². The van der Waals surface area contributed by atoms with Crippen molar-refractivity contribution in [3.8, 4) is 0 Å². The first-order chi connectivity index (χ1) is 9.55. The number of nitrogens with zero attached hydrogens (tertiary/aromatic N) is 1. The molecule has 126 valence electrons. The second-order valence-electron chi connectivity index (χ2n) is 3.77. The van der Waals surface area contributed by atoms with E-state index in [0.717, 1.165) is 0 Å². The summed E-state index contributed by atoms with van der Waals surface area (Å²) in [5.41, 5.74) is -8.09. The molecule has 22 heavy (non-hydrogen) atoms. The summed E-state index contributed by atoms with van der Waals surface area (Å²) in [6, 6.07) is 0. The van der Waals surface area contributed by atoms with Crippen LogP contribution in [0.5, 0.6) is 0 Å². The van der Waals surface area contributed by atoms with Crippen molar-refractivity contribution in [1.29, 1.82) is 0 Å². The number of alkyl halides is 10. The van der Waals surface area contributed by atoms with Crippen molar-refractivity contribution >= 4 is 5.97 Å². The van der Waals surface area contributed by atoms with E-state index in [-0.39, 0.29) is 0 Å². The second-order valence-corrected chi connectivity index (χ2v) is 3.77. The summed E-state index contributed by atoms with van der Waals surface area (Å²) in [5.74, 6) is -15.9. The van der Waals surface area contributed by atoms with Crippen molar-refractivity contribution in [2.75, 3.05) is 0 Å². The second kappa shape index (κ2) is 4.74. The summed E-state index contributed by atoms with van der Waals surface area (Å²) in [7, 11) is 0. The van der Waals surface area contributed by atoms with Crippen LogP contribution in [0.15, 0.2) is 0 Å². The molecular formula is C8H2F10N2O2. The summed E-state index contributed by atoms with van der Waals surface area (Å²) in [5, 5.41) is 11.2. The molecule has 0 atom stereocenters. The summed E-state index contributed by atoms with van der Waals surface area (Å²) >= 11 is 0. The Bertz CT molecular complexity index is 585. The zero-order chi connectivity index (χ0) is 17.7. The maximum atomic E-state index is 13.3. The highest BCUT2D eigenvalue weighted by molar-refractivity contribution is 5.87. The third-order valence-corrected chi connectivity index (χ3v) is 2.32. The quantitative estimate of drug-likeness (QED) is 0.823. The molecule has 0 unspecified atom stereocenters. The minimum absolute atomic E-state index is 0.600. The Hall–Kier alpha value is -2.02.